The molecule has 1 spiro atoms. The van der Waals surface area contributed by atoms with Gasteiger partial charge in [0.15, 0.2) is 0 Å². The van der Waals surface area contributed by atoms with Gasteiger partial charge >= 0.3 is 12.1 Å². The summed E-state index contributed by atoms with van der Waals surface area (Å²) in [6.07, 6.45) is -1.92. The fourth-order valence-electron chi connectivity index (χ4n) is 8.80. The molecule has 0 unspecified atom stereocenters. The number of nitrogens with zero attached hydrogens (tertiary/aromatic N) is 3. The Morgan fingerprint density at radius 1 is 0.864 bits per heavy atom. The SMILES string of the molecule is NC(=O)[C@@H]1[C@H]2C(=O)O[C@H](c3ccccc3)[C@H](c3ccccc3)N2[C@H](c2ccc(O)cc2)[C@@]12C(=O)N(C(=O)OCc1ccc([N+](=O)[O-])cc1)c1ccc(C#CCCO)cc12. The van der Waals surface area contributed by atoms with E-state index in [2.05, 4.69) is 11.8 Å². The second-order valence-corrected chi connectivity index (χ2v) is 14.4. The Morgan fingerprint density at radius 3 is 2.15 bits per heavy atom. The molecule has 3 aliphatic rings. The molecule has 0 aromatic heterocycles. The molecule has 2 fully saturated rings. The van der Waals surface area contributed by atoms with Gasteiger partial charge in [-0.3, -0.25) is 29.4 Å². The van der Waals surface area contributed by atoms with E-state index in [9.17, 15) is 34.7 Å². The number of cyclic esters (lactones) is 1. The molecule has 8 rings (SSSR count). The molecule has 3 heterocycles. The van der Waals surface area contributed by atoms with Crippen LogP contribution in [0.4, 0.5) is 16.2 Å². The summed E-state index contributed by atoms with van der Waals surface area (Å²) in [6, 6.07) is 30.8. The van der Waals surface area contributed by atoms with Crippen molar-refractivity contribution in [2.75, 3.05) is 11.5 Å². The van der Waals surface area contributed by atoms with Gasteiger partial charge in [0, 0.05) is 24.1 Å². The van der Waals surface area contributed by atoms with Gasteiger partial charge in [0.25, 0.3) is 5.69 Å². The van der Waals surface area contributed by atoms with Crippen LogP contribution in [0.15, 0.2) is 127 Å². The average molecular weight is 793 g/mol. The van der Waals surface area contributed by atoms with E-state index < -0.39 is 64.4 Å². The highest BCUT2D eigenvalue weighted by molar-refractivity contribution is 6.23. The van der Waals surface area contributed by atoms with Crippen molar-refractivity contribution in [3.8, 4) is 17.6 Å². The quantitative estimate of drug-likeness (QED) is 0.0773. The Morgan fingerprint density at radius 2 is 1.53 bits per heavy atom. The molecule has 0 aliphatic carbocycles. The van der Waals surface area contributed by atoms with Crippen molar-refractivity contribution < 1.29 is 43.8 Å². The highest BCUT2D eigenvalue weighted by Crippen LogP contribution is 2.65. The van der Waals surface area contributed by atoms with Gasteiger partial charge < -0.3 is 25.4 Å². The van der Waals surface area contributed by atoms with Crippen LogP contribution in [0.2, 0.25) is 0 Å². The van der Waals surface area contributed by atoms with Crippen LogP contribution in [0.5, 0.6) is 5.75 Å². The second-order valence-electron chi connectivity index (χ2n) is 14.4. The summed E-state index contributed by atoms with van der Waals surface area (Å²) in [4.78, 5) is 72.4. The first-order valence-corrected chi connectivity index (χ1v) is 18.7. The van der Waals surface area contributed by atoms with Crippen LogP contribution in [0.3, 0.4) is 0 Å². The number of imide groups is 1. The van der Waals surface area contributed by atoms with Gasteiger partial charge in [-0.25, -0.2) is 9.69 Å². The average Bonchev–Trinajstić information content (AvgIpc) is 3.70. The maximum atomic E-state index is 15.8. The molecule has 3 aliphatic heterocycles. The maximum Gasteiger partial charge on any atom is 0.421 e. The van der Waals surface area contributed by atoms with Gasteiger partial charge in [-0.15, -0.1) is 0 Å². The van der Waals surface area contributed by atoms with E-state index in [-0.39, 0.29) is 42.3 Å². The molecule has 0 saturated carbocycles. The Bertz CT molecular complexity index is 2520. The number of benzene rings is 5. The first kappa shape index (κ1) is 38.5. The van der Waals surface area contributed by atoms with Gasteiger partial charge in [-0.2, -0.15) is 0 Å². The molecule has 59 heavy (non-hydrogen) atoms. The minimum absolute atomic E-state index is 0.0514. The number of aromatic hydroxyl groups is 1. The van der Waals surface area contributed by atoms with Crippen LogP contribution in [0.25, 0.3) is 0 Å². The number of fused-ring (bicyclic) bond motifs is 3. The Labute approximate surface area is 337 Å². The number of anilines is 1. The van der Waals surface area contributed by atoms with E-state index >= 15 is 4.79 Å². The molecule has 6 atom stereocenters. The van der Waals surface area contributed by atoms with Crippen molar-refractivity contribution in [3.05, 3.63) is 171 Å². The van der Waals surface area contributed by atoms with Crippen LogP contribution in [0, 0.1) is 27.9 Å². The van der Waals surface area contributed by atoms with Crippen LogP contribution in [-0.4, -0.2) is 56.6 Å². The minimum atomic E-state index is -2.11. The summed E-state index contributed by atoms with van der Waals surface area (Å²) in [7, 11) is 0. The summed E-state index contributed by atoms with van der Waals surface area (Å²) in [5, 5.41) is 31.2. The molecule has 14 heteroatoms. The zero-order valence-corrected chi connectivity index (χ0v) is 31.2. The second kappa shape index (κ2) is 15.5. The number of hydrogen-bond donors (Lipinski definition) is 3. The number of hydrogen-bond acceptors (Lipinski definition) is 11. The zero-order valence-electron chi connectivity index (χ0n) is 31.2. The standard InChI is InChI=1S/C45H36N4O10/c46-41(52)36-38-42(53)59-39(30-12-5-2-6-13-30)37(29-10-3-1-4-11-29)48(38)40(31-17-21-33(51)22-18-31)45(36)34-25-27(9-7-8-24-50)16-23-35(34)47(43(45)54)44(55)58-26-28-14-19-32(20-15-28)49(56)57/h1-6,10-23,25,36-40,50-51H,8,24,26H2,(H2,46,52)/t36-,37-,38-,39+,40+,45-/m0/s1. The number of nitro groups is 1. The van der Waals surface area contributed by atoms with Gasteiger partial charge in [0.1, 0.15) is 29.9 Å². The van der Waals surface area contributed by atoms with E-state index in [1.165, 1.54) is 42.5 Å². The van der Waals surface area contributed by atoms with E-state index in [0.717, 1.165) is 4.90 Å². The largest absolute Gasteiger partial charge is 0.508 e. The third-order valence-electron chi connectivity index (χ3n) is 11.1. The molecule has 5 aromatic carbocycles. The molecule has 296 valence electrons. The van der Waals surface area contributed by atoms with Crippen LogP contribution >= 0.6 is 0 Å². The van der Waals surface area contributed by atoms with Crippen molar-refractivity contribution >= 4 is 35.3 Å². The van der Waals surface area contributed by atoms with Crippen LogP contribution < -0.4 is 10.6 Å². The first-order chi connectivity index (χ1) is 28.6. The number of morpholine rings is 1. The van der Waals surface area contributed by atoms with E-state index in [1.54, 1.807) is 29.2 Å². The number of carbonyl (C=O) groups excluding carboxylic acids is 4. The lowest BCUT2D eigenvalue weighted by molar-refractivity contribution is -0.384. The topological polar surface area (TPSA) is 203 Å². The van der Waals surface area contributed by atoms with Crippen molar-refractivity contribution in [2.24, 2.45) is 11.7 Å². The Hall–Kier alpha value is -7.34. The van der Waals surface area contributed by atoms with Gasteiger partial charge in [-0.1, -0.05) is 84.6 Å². The maximum absolute atomic E-state index is 15.8. The molecule has 0 radical (unpaired) electrons. The number of carbonyl (C=O) groups is 4. The molecule has 14 nitrogen and oxygen atoms in total. The molecule has 0 bridgehead atoms. The summed E-state index contributed by atoms with van der Waals surface area (Å²) < 4.78 is 12.0. The third kappa shape index (κ3) is 6.52. The third-order valence-corrected chi connectivity index (χ3v) is 11.1. The molecule has 4 N–H and O–H groups in total. The fraction of sp³-hybridized carbons (Fsp3) is 0.200. The van der Waals surface area contributed by atoms with Gasteiger partial charge in [0.05, 0.1) is 35.2 Å². The van der Waals surface area contributed by atoms with E-state index in [4.69, 9.17) is 15.2 Å². The van der Waals surface area contributed by atoms with Gasteiger partial charge in [0.2, 0.25) is 11.8 Å². The Balaban J connectivity index is 1.37. The number of esters is 1. The lowest BCUT2D eigenvalue weighted by atomic mass is 9.65. The lowest BCUT2D eigenvalue weighted by Gasteiger charge is -2.46. The molecular formula is C45H36N4O10. The molecule has 2 saturated heterocycles. The number of primary amides is 1. The van der Waals surface area contributed by atoms with Crippen LogP contribution in [-0.2, 0) is 35.9 Å². The summed E-state index contributed by atoms with van der Waals surface area (Å²) in [5.41, 5.74) is 6.83. The van der Waals surface area contributed by atoms with Crippen molar-refractivity contribution in [1.29, 1.82) is 0 Å². The van der Waals surface area contributed by atoms with Crippen molar-refractivity contribution in [2.45, 2.75) is 42.7 Å². The number of phenols is 1. The predicted octanol–water partition coefficient (Wildman–Crippen LogP) is 5.52. The first-order valence-electron chi connectivity index (χ1n) is 18.7. The van der Waals surface area contributed by atoms with Crippen LogP contribution in [0.1, 0.15) is 58.0 Å². The number of phenolic OH excluding ortho intramolecular Hbond substituents is 1. The molecule has 3 amide bonds. The normalized spacial score (nSPS) is 23.1. The summed E-state index contributed by atoms with van der Waals surface area (Å²) in [6.45, 7) is -0.576. The van der Waals surface area contributed by atoms with Crippen molar-refractivity contribution in [1.82, 2.24) is 4.90 Å². The molecular weight excluding hydrogens is 757 g/mol. The van der Waals surface area contributed by atoms with E-state index in [0.29, 0.717) is 27.8 Å². The molecule has 5 aromatic rings. The number of amides is 3. The number of rotatable bonds is 8. The smallest absolute Gasteiger partial charge is 0.421 e. The zero-order chi connectivity index (χ0) is 41.4. The number of non-ortho nitro benzene ring substituents is 1. The summed E-state index contributed by atoms with van der Waals surface area (Å²) >= 11 is 0. The highest BCUT2D eigenvalue weighted by Gasteiger charge is 2.75. The monoisotopic (exact) mass is 792 g/mol. The number of aliphatic hydroxyl groups excluding tert-OH is 1. The van der Waals surface area contributed by atoms with Gasteiger partial charge in [-0.05, 0) is 70.3 Å². The number of nitro benzene ring substituents is 1. The summed E-state index contributed by atoms with van der Waals surface area (Å²) in [5.74, 6) is 1.39. The number of ether oxygens (including phenoxy) is 2. The predicted molar refractivity (Wildman–Crippen MR) is 211 cm³/mol. The number of nitrogens with two attached hydrogens (primary N) is 1. The lowest BCUT2D eigenvalue weighted by Crippen LogP contribution is -2.55. The highest BCUT2D eigenvalue weighted by atomic mass is 16.6. The van der Waals surface area contributed by atoms with Crippen molar-refractivity contribution in [3.63, 3.8) is 0 Å². The fourth-order valence-corrected chi connectivity index (χ4v) is 8.80. The number of aliphatic hydroxyl groups is 1. The minimum Gasteiger partial charge on any atom is -0.508 e. The Kier molecular flexibility index (Phi) is 10.1. The van der Waals surface area contributed by atoms with E-state index in [1.807, 2.05) is 60.7 Å².